The highest BCUT2D eigenvalue weighted by molar-refractivity contribution is 7.89. The Bertz CT molecular complexity index is 712. The van der Waals surface area contributed by atoms with Crippen LogP contribution in [0.15, 0.2) is 11.2 Å². The van der Waals surface area contributed by atoms with Crippen LogP contribution in [0, 0.1) is 6.92 Å². The molecule has 0 fully saturated rings. The van der Waals surface area contributed by atoms with E-state index in [1.807, 2.05) is 26.8 Å². The number of aryl methyl sites for hydroxylation is 2. The molecule has 0 unspecified atom stereocenters. The van der Waals surface area contributed by atoms with Crippen LogP contribution < -0.4 is 5.14 Å². The van der Waals surface area contributed by atoms with Gasteiger partial charge in [-0.2, -0.15) is 5.10 Å². The van der Waals surface area contributed by atoms with Gasteiger partial charge in [0.2, 0.25) is 0 Å². The van der Waals surface area contributed by atoms with Crippen LogP contribution in [0.25, 0.3) is 11.5 Å². The summed E-state index contributed by atoms with van der Waals surface area (Å²) in [5, 5.41) is 16.8. The quantitative estimate of drug-likeness (QED) is 0.867. The molecule has 2 N–H and O–H groups in total. The fourth-order valence-corrected chi connectivity index (χ4v) is 2.66. The molecule has 19 heavy (non-hydrogen) atoms. The van der Waals surface area contributed by atoms with Crippen LogP contribution in [0.2, 0.25) is 0 Å². The number of rotatable bonds is 3. The summed E-state index contributed by atoms with van der Waals surface area (Å²) in [5.41, 5.74) is 1.50. The van der Waals surface area contributed by atoms with Crippen LogP contribution in [0.5, 0.6) is 0 Å². The Morgan fingerprint density at radius 2 is 1.95 bits per heavy atom. The third-order valence-electron chi connectivity index (χ3n) is 2.67. The standard InChI is InChI=1S/C10H16N6O2S/c1-6(2)16-9(8-5-7(3)14-15(8)4)12-13-10(16)19(11,17)18/h5-6H,1-4H3,(H2,11,17,18). The zero-order valence-corrected chi connectivity index (χ0v) is 12.0. The zero-order valence-electron chi connectivity index (χ0n) is 11.2. The van der Waals surface area contributed by atoms with E-state index in [4.69, 9.17) is 5.14 Å². The minimum absolute atomic E-state index is 0.145. The van der Waals surface area contributed by atoms with Crippen LogP contribution >= 0.6 is 0 Å². The lowest BCUT2D eigenvalue weighted by atomic mass is 10.3. The maximum Gasteiger partial charge on any atom is 0.273 e. The summed E-state index contributed by atoms with van der Waals surface area (Å²) < 4.78 is 26.2. The Kier molecular flexibility index (Phi) is 3.19. The highest BCUT2D eigenvalue weighted by atomic mass is 32.2. The van der Waals surface area contributed by atoms with Crippen molar-refractivity contribution in [1.29, 1.82) is 0 Å². The highest BCUT2D eigenvalue weighted by Gasteiger charge is 2.25. The number of aromatic nitrogens is 5. The van der Waals surface area contributed by atoms with Crippen molar-refractivity contribution >= 4 is 10.0 Å². The Morgan fingerprint density at radius 3 is 2.37 bits per heavy atom. The van der Waals surface area contributed by atoms with E-state index in [9.17, 15) is 8.42 Å². The molecule has 0 saturated heterocycles. The van der Waals surface area contributed by atoms with Gasteiger partial charge in [-0.15, -0.1) is 10.2 Å². The van der Waals surface area contributed by atoms with Crippen molar-refractivity contribution in [3.05, 3.63) is 11.8 Å². The minimum Gasteiger partial charge on any atom is -0.293 e. The molecule has 0 atom stereocenters. The van der Waals surface area contributed by atoms with Crippen molar-refractivity contribution in [3.8, 4) is 11.5 Å². The van der Waals surface area contributed by atoms with Gasteiger partial charge in [0.15, 0.2) is 5.82 Å². The first-order valence-electron chi connectivity index (χ1n) is 5.70. The maximum atomic E-state index is 11.5. The molecule has 0 aliphatic carbocycles. The predicted octanol–water partition coefficient (Wildman–Crippen LogP) is 0.215. The summed E-state index contributed by atoms with van der Waals surface area (Å²) in [4.78, 5) is 0. The molecule has 2 aromatic rings. The van der Waals surface area contributed by atoms with Crippen LogP contribution in [-0.2, 0) is 17.1 Å². The van der Waals surface area contributed by atoms with Crippen molar-refractivity contribution in [2.45, 2.75) is 32.0 Å². The van der Waals surface area contributed by atoms with Gasteiger partial charge >= 0.3 is 0 Å². The monoisotopic (exact) mass is 284 g/mol. The normalized spacial score (nSPS) is 12.3. The Hall–Kier alpha value is -1.74. The molecule has 0 saturated carbocycles. The molecule has 0 aliphatic rings. The summed E-state index contributed by atoms with van der Waals surface area (Å²) in [6.07, 6.45) is 0. The average molecular weight is 284 g/mol. The summed E-state index contributed by atoms with van der Waals surface area (Å²) in [5.74, 6) is 0.433. The van der Waals surface area contributed by atoms with Crippen molar-refractivity contribution in [3.63, 3.8) is 0 Å². The van der Waals surface area contributed by atoms with Gasteiger partial charge in [-0.1, -0.05) is 0 Å². The summed E-state index contributed by atoms with van der Waals surface area (Å²) in [7, 11) is -2.15. The first-order chi connectivity index (χ1) is 8.71. The molecule has 0 amide bonds. The third-order valence-corrected chi connectivity index (χ3v) is 3.45. The van der Waals surface area contributed by atoms with E-state index in [-0.39, 0.29) is 11.2 Å². The number of nitrogens with zero attached hydrogens (tertiary/aromatic N) is 5. The lowest BCUT2D eigenvalue weighted by molar-refractivity contribution is 0.523. The first kappa shape index (κ1) is 13.7. The largest absolute Gasteiger partial charge is 0.293 e. The molecule has 104 valence electrons. The van der Waals surface area contributed by atoms with Gasteiger partial charge in [0.1, 0.15) is 5.69 Å². The van der Waals surface area contributed by atoms with Gasteiger partial charge < -0.3 is 0 Å². The molecular weight excluding hydrogens is 268 g/mol. The van der Waals surface area contributed by atoms with Crippen LogP contribution in [0.4, 0.5) is 0 Å². The molecule has 2 aromatic heterocycles. The predicted molar refractivity (Wildman–Crippen MR) is 68.7 cm³/mol. The van der Waals surface area contributed by atoms with E-state index in [0.29, 0.717) is 11.5 Å². The Balaban J connectivity index is 2.73. The zero-order chi connectivity index (χ0) is 14.4. The van der Waals surface area contributed by atoms with Crippen molar-refractivity contribution < 1.29 is 8.42 Å². The molecule has 0 aliphatic heterocycles. The highest BCUT2D eigenvalue weighted by Crippen LogP contribution is 2.24. The molecule has 0 spiro atoms. The van der Waals surface area contributed by atoms with E-state index in [1.165, 1.54) is 4.57 Å². The van der Waals surface area contributed by atoms with Crippen LogP contribution in [-0.4, -0.2) is 33.0 Å². The molecule has 2 rings (SSSR count). The minimum atomic E-state index is -3.91. The van der Waals surface area contributed by atoms with E-state index >= 15 is 0 Å². The second kappa shape index (κ2) is 4.42. The fraction of sp³-hybridized carbons (Fsp3) is 0.500. The van der Waals surface area contributed by atoms with Crippen molar-refractivity contribution in [1.82, 2.24) is 24.5 Å². The molecule has 2 heterocycles. The van der Waals surface area contributed by atoms with Gasteiger partial charge in [0.05, 0.1) is 5.69 Å². The lowest BCUT2D eigenvalue weighted by Crippen LogP contribution is -2.20. The molecule has 0 radical (unpaired) electrons. The summed E-state index contributed by atoms with van der Waals surface area (Å²) >= 11 is 0. The summed E-state index contributed by atoms with van der Waals surface area (Å²) in [6.45, 7) is 5.52. The first-order valence-corrected chi connectivity index (χ1v) is 7.25. The number of nitrogens with two attached hydrogens (primary N) is 1. The molecule has 0 aromatic carbocycles. The molecule has 0 bridgehead atoms. The van der Waals surface area contributed by atoms with E-state index in [0.717, 1.165) is 5.69 Å². The van der Waals surface area contributed by atoms with Gasteiger partial charge in [-0.25, -0.2) is 13.6 Å². The van der Waals surface area contributed by atoms with Gasteiger partial charge in [0.25, 0.3) is 15.2 Å². The van der Waals surface area contributed by atoms with Gasteiger partial charge in [-0.3, -0.25) is 9.25 Å². The van der Waals surface area contributed by atoms with E-state index < -0.39 is 10.0 Å². The molecular formula is C10H16N6O2S. The number of hydrogen-bond donors (Lipinski definition) is 1. The second-order valence-electron chi connectivity index (χ2n) is 4.61. The molecule has 8 nitrogen and oxygen atoms in total. The number of sulfonamides is 1. The second-order valence-corrected chi connectivity index (χ2v) is 6.06. The summed E-state index contributed by atoms with van der Waals surface area (Å²) in [6, 6.07) is 1.67. The van der Waals surface area contributed by atoms with E-state index in [2.05, 4.69) is 15.3 Å². The lowest BCUT2D eigenvalue weighted by Gasteiger charge is -2.12. The van der Waals surface area contributed by atoms with Crippen LogP contribution in [0.1, 0.15) is 25.6 Å². The fourth-order valence-electron chi connectivity index (χ4n) is 1.93. The number of primary sulfonamides is 1. The average Bonchev–Trinajstić information content (AvgIpc) is 2.80. The Labute approximate surface area is 111 Å². The Morgan fingerprint density at radius 1 is 1.32 bits per heavy atom. The van der Waals surface area contributed by atoms with E-state index in [1.54, 1.807) is 11.7 Å². The smallest absolute Gasteiger partial charge is 0.273 e. The van der Waals surface area contributed by atoms with Crippen molar-refractivity contribution in [2.24, 2.45) is 12.2 Å². The van der Waals surface area contributed by atoms with Crippen LogP contribution in [0.3, 0.4) is 0 Å². The van der Waals surface area contributed by atoms with Gasteiger partial charge in [0, 0.05) is 13.1 Å². The molecule has 9 heteroatoms. The number of hydrogen-bond acceptors (Lipinski definition) is 5. The SMILES string of the molecule is Cc1cc(-c2nnc(S(N)(=O)=O)n2C(C)C)n(C)n1. The van der Waals surface area contributed by atoms with Gasteiger partial charge in [-0.05, 0) is 26.8 Å². The topological polar surface area (TPSA) is 109 Å². The maximum absolute atomic E-state index is 11.5. The van der Waals surface area contributed by atoms with Crippen molar-refractivity contribution in [2.75, 3.05) is 0 Å². The third kappa shape index (κ3) is 2.38.